The molecule has 7 heteroatoms. The minimum Gasteiger partial charge on any atom is -0.325 e. The number of benzene rings is 1. The van der Waals surface area contributed by atoms with E-state index in [1.165, 1.54) is 18.3 Å². The van der Waals surface area contributed by atoms with Crippen LogP contribution < -0.4 is 10.6 Å². The lowest BCUT2D eigenvalue weighted by molar-refractivity contribution is -0.126. The fourth-order valence-corrected chi connectivity index (χ4v) is 2.24. The van der Waals surface area contributed by atoms with Crippen molar-refractivity contribution in [2.24, 2.45) is 5.92 Å². The van der Waals surface area contributed by atoms with Crippen LogP contribution in [0.1, 0.15) is 6.92 Å². The molecule has 2 aromatic rings. The van der Waals surface area contributed by atoms with Gasteiger partial charge in [0.1, 0.15) is 0 Å². The number of thiazole rings is 1. The Labute approximate surface area is 125 Å². The van der Waals surface area contributed by atoms with E-state index < -0.39 is 17.7 Å². The van der Waals surface area contributed by atoms with E-state index in [0.717, 1.165) is 0 Å². The van der Waals surface area contributed by atoms with Crippen molar-refractivity contribution in [3.8, 4) is 0 Å². The molecule has 1 heterocycles. The number of nitrogens with zero attached hydrogens (tertiary/aromatic N) is 1. The van der Waals surface area contributed by atoms with Gasteiger partial charge >= 0.3 is 0 Å². The van der Waals surface area contributed by atoms with Crippen molar-refractivity contribution < 1.29 is 9.59 Å². The molecule has 1 atom stereocenters. The van der Waals surface area contributed by atoms with Crippen LogP contribution in [0.5, 0.6) is 0 Å². The Balaban J connectivity index is 2.09. The number of amides is 2. The van der Waals surface area contributed by atoms with Gasteiger partial charge in [0.25, 0.3) is 0 Å². The average molecular weight is 302 g/mol. The van der Waals surface area contributed by atoms with Gasteiger partial charge in [-0.3, -0.25) is 9.59 Å². The first-order valence-electron chi connectivity index (χ1n) is 6.19. The second-order valence-electron chi connectivity index (χ2n) is 4.30. The van der Waals surface area contributed by atoms with E-state index in [1.54, 1.807) is 35.8 Å². The zero-order chi connectivity index (χ0) is 15.2. The fourth-order valence-electron chi connectivity index (χ4n) is 1.71. The number of carbonyl (C=O) groups is 2. The van der Waals surface area contributed by atoms with E-state index in [0.29, 0.717) is 10.8 Å². The van der Waals surface area contributed by atoms with Crippen LogP contribution in [0.4, 0.5) is 10.8 Å². The summed E-state index contributed by atoms with van der Waals surface area (Å²) >= 11 is 1.25. The number of rotatable bonds is 5. The lowest BCUT2D eigenvalue weighted by atomic mass is 10.0. The van der Waals surface area contributed by atoms with Crippen molar-refractivity contribution >= 4 is 39.7 Å². The molecule has 0 fully saturated rings. The Hall–Kier alpha value is -2.54. The molecule has 1 aromatic carbocycles. The van der Waals surface area contributed by atoms with Gasteiger partial charge in [-0.15, -0.1) is 11.3 Å². The Morgan fingerprint density at radius 2 is 1.86 bits per heavy atom. The number of anilines is 2. The summed E-state index contributed by atoms with van der Waals surface area (Å²) in [6.07, 6.45) is 1.55. The topological polar surface area (TPSA) is 94.9 Å². The molecule has 0 radical (unpaired) electrons. The van der Waals surface area contributed by atoms with Gasteiger partial charge < -0.3 is 16.0 Å². The lowest BCUT2D eigenvalue weighted by Gasteiger charge is -2.14. The van der Waals surface area contributed by atoms with Crippen LogP contribution >= 0.6 is 11.3 Å². The number of aromatic nitrogens is 1. The maximum absolute atomic E-state index is 12.2. The first-order valence-corrected chi connectivity index (χ1v) is 7.07. The Kier molecular flexibility index (Phi) is 4.78. The molecule has 3 N–H and O–H groups in total. The van der Waals surface area contributed by atoms with Gasteiger partial charge in [0, 0.05) is 23.0 Å². The lowest BCUT2D eigenvalue weighted by Crippen LogP contribution is -2.38. The molecule has 2 amide bonds. The number of hydrogen-bond acceptors (Lipinski definition) is 5. The molecule has 2 rings (SSSR count). The molecule has 0 aliphatic heterocycles. The van der Waals surface area contributed by atoms with Crippen molar-refractivity contribution in [3.05, 3.63) is 41.9 Å². The third-order valence-corrected chi connectivity index (χ3v) is 3.35. The normalized spacial score (nSPS) is 11.5. The molecule has 1 unspecified atom stereocenters. The summed E-state index contributed by atoms with van der Waals surface area (Å²) in [7, 11) is 0. The first kappa shape index (κ1) is 14.9. The number of hydrogen-bond donors (Lipinski definition) is 3. The summed E-state index contributed by atoms with van der Waals surface area (Å²) in [6.45, 7) is 1.43. The monoisotopic (exact) mass is 302 g/mol. The largest absolute Gasteiger partial charge is 0.325 e. The van der Waals surface area contributed by atoms with Gasteiger partial charge in [-0.2, -0.15) is 0 Å². The standard InChI is InChI=1S/C14H14N4O2S/c1-9(15)11(13(20)18-14-16-7-8-21-14)12(19)17-10-5-3-2-4-6-10/h2-8,11,15H,1H3,(H,17,19)(H,16,18,20). The van der Waals surface area contributed by atoms with Gasteiger partial charge in [-0.25, -0.2) is 4.98 Å². The smallest absolute Gasteiger partial charge is 0.244 e. The molecule has 1 aromatic heterocycles. The van der Waals surface area contributed by atoms with Crippen LogP contribution in [0.25, 0.3) is 0 Å². The van der Waals surface area contributed by atoms with Crippen molar-refractivity contribution in [1.29, 1.82) is 5.41 Å². The summed E-state index contributed by atoms with van der Waals surface area (Å²) in [5, 5.41) is 14.9. The zero-order valence-electron chi connectivity index (χ0n) is 11.3. The highest BCUT2D eigenvalue weighted by atomic mass is 32.1. The zero-order valence-corrected chi connectivity index (χ0v) is 12.1. The minimum absolute atomic E-state index is 0.0301. The molecule has 108 valence electrons. The molecule has 0 saturated carbocycles. The number of para-hydroxylation sites is 1. The molecule has 0 bridgehead atoms. The molecule has 0 aliphatic rings. The van der Waals surface area contributed by atoms with E-state index >= 15 is 0 Å². The van der Waals surface area contributed by atoms with Crippen molar-refractivity contribution in [2.75, 3.05) is 10.6 Å². The molecule has 6 nitrogen and oxygen atoms in total. The van der Waals surface area contributed by atoms with E-state index in [4.69, 9.17) is 5.41 Å². The van der Waals surface area contributed by atoms with Crippen LogP contribution in [0.2, 0.25) is 0 Å². The van der Waals surface area contributed by atoms with Gasteiger partial charge in [0.15, 0.2) is 11.0 Å². The SMILES string of the molecule is CC(=N)C(C(=O)Nc1ccccc1)C(=O)Nc1nccs1. The molecular formula is C14H14N4O2S. The predicted molar refractivity (Wildman–Crippen MR) is 82.7 cm³/mol. The van der Waals surface area contributed by atoms with Gasteiger partial charge in [-0.1, -0.05) is 18.2 Å². The molecule has 0 saturated heterocycles. The van der Waals surface area contributed by atoms with Crippen molar-refractivity contribution in [3.63, 3.8) is 0 Å². The maximum atomic E-state index is 12.2. The number of carbonyl (C=O) groups excluding carboxylic acids is 2. The Morgan fingerprint density at radius 3 is 2.43 bits per heavy atom. The van der Waals surface area contributed by atoms with E-state index in [2.05, 4.69) is 15.6 Å². The van der Waals surface area contributed by atoms with E-state index in [1.807, 2.05) is 6.07 Å². The quantitative estimate of drug-likeness (QED) is 0.584. The Morgan fingerprint density at radius 1 is 1.19 bits per heavy atom. The highest BCUT2D eigenvalue weighted by molar-refractivity contribution is 7.13. The first-order chi connectivity index (χ1) is 10.1. The van der Waals surface area contributed by atoms with Gasteiger partial charge in [0.2, 0.25) is 11.8 Å². The van der Waals surface area contributed by atoms with Gasteiger partial charge in [-0.05, 0) is 19.1 Å². The number of nitrogens with one attached hydrogen (secondary N) is 3. The third kappa shape index (κ3) is 3.96. The second-order valence-corrected chi connectivity index (χ2v) is 5.19. The Bertz CT molecular complexity index is 640. The summed E-state index contributed by atoms with van der Waals surface area (Å²) < 4.78 is 0. The summed E-state index contributed by atoms with van der Waals surface area (Å²) in [6, 6.07) is 8.80. The van der Waals surface area contributed by atoms with Crippen LogP contribution in [0.15, 0.2) is 41.9 Å². The van der Waals surface area contributed by atoms with Gasteiger partial charge in [0.05, 0.1) is 0 Å². The van der Waals surface area contributed by atoms with Crippen LogP contribution in [0, 0.1) is 11.3 Å². The highest BCUT2D eigenvalue weighted by Crippen LogP contribution is 2.14. The molecule has 0 spiro atoms. The predicted octanol–water partition coefficient (Wildman–Crippen LogP) is 2.38. The average Bonchev–Trinajstić information content (AvgIpc) is 2.92. The van der Waals surface area contributed by atoms with E-state index in [-0.39, 0.29) is 5.71 Å². The molecule has 21 heavy (non-hydrogen) atoms. The molecular weight excluding hydrogens is 288 g/mol. The highest BCUT2D eigenvalue weighted by Gasteiger charge is 2.29. The maximum Gasteiger partial charge on any atom is 0.244 e. The molecule has 0 aliphatic carbocycles. The third-order valence-electron chi connectivity index (χ3n) is 2.66. The van der Waals surface area contributed by atoms with Crippen molar-refractivity contribution in [2.45, 2.75) is 6.92 Å². The fraction of sp³-hybridized carbons (Fsp3) is 0.143. The van der Waals surface area contributed by atoms with Crippen LogP contribution in [-0.4, -0.2) is 22.5 Å². The summed E-state index contributed by atoms with van der Waals surface area (Å²) in [4.78, 5) is 28.3. The van der Waals surface area contributed by atoms with E-state index in [9.17, 15) is 9.59 Å². The summed E-state index contributed by atoms with van der Waals surface area (Å²) in [5.41, 5.74) is 0.549. The van der Waals surface area contributed by atoms with Crippen LogP contribution in [0.3, 0.4) is 0 Å². The summed E-state index contributed by atoms with van der Waals surface area (Å²) in [5.74, 6) is -2.29. The van der Waals surface area contributed by atoms with Crippen molar-refractivity contribution in [1.82, 2.24) is 4.98 Å². The second kappa shape index (κ2) is 6.76. The van der Waals surface area contributed by atoms with Crippen LogP contribution in [-0.2, 0) is 9.59 Å². The minimum atomic E-state index is -1.19.